The Balaban J connectivity index is 3.17. The topological polar surface area (TPSA) is 41.5 Å². The average Bonchev–Trinajstić information content (AvgIpc) is 2.16. The molecule has 0 spiro atoms. The summed E-state index contributed by atoms with van der Waals surface area (Å²) in [7, 11) is 1.72. The minimum absolute atomic E-state index is 0.235. The van der Waals surface area contributed by atoms with Gasteiger partial charge in [0.25, 0.3) is 0 Å². The van der Waals surface area contributed by atoms with E-state index in [4.69, 9.17) is 9.84 Å². The van der Waals surface area contributed by atoms with Crippen molar-refractivity contribution in [3.8, 4) is 0 Å². The third-order valence-electron chi connectivity index (χ3n) is 1.76. The molecule has 1 unspecified atom stereocenters. The second-order valence-corrected chi connectivity index (χ2v) is 4.06. The number of aliphatic hydroxyl groups is 1. The van der Waals surface area contributed by atoms with Crippen molar-refractivity contribution in [2.45, 2.75) is 19.4 Å². The number of hydrogen-bond acceptors (Lipinski definition) is 4. The Bertz CT molecular complexity index is 104. The molecule has 0 aromatic carbocycles. The molecule has 1 atom stereocenters. The van der Waals surface area contributed by atoms with Gasteiger partial charge in [-0.1, -0.05) is 6.92 Å². The summed E-state index contributed by atoms with van der Waals surface area (Å²) in [6.07, 6.45) is 1.03. The first kappa shape index (κ1) is 13.2. The van der Waals surface area contributed by atoms with E-state index in [0.29, 0.717) is 0 Å². The lowest BCUT2D eigenvalue weighted by Gasteiger charge is -2.14. The molecule has 0 radical (unpaired) electrons. The monoisotopic (exact) mass is 207 g/mol. The van der Waals surface area contributed by atoms with Crippen molar-refractivity contribution in [3.63, 3.8) is 0 Å². The van der Waals surface area contributed by atoms with Gasteiger partial charge in [-0.3, -0.25) is 0 Å². The molecule has 0 amide bonds. The van der Waals surface area contributed by atoms with E-state index in [9.17, 15) is 0 Å². The van der Waals surface area contributed by atoms with Gasteiger partial charge in [-0.05, 0) is 18.7 Å². The molecule has 0 rings (SSSR count). The van der Waals surface area contributed by atoms with E-state index < -0.39 is 0 Å². The first-order valence-corrected chi connectivity index (χ1v) is 5.91. The Labute approximate surface area is 85.2 Å². The Morgan fingerprint density at radius 1 is 1.46 bits per heavy atom. The summed E-state index contributed by atoms with van der Waals surface area (Å²) < 4.78 is 4.94. The van der Waals surface area contributed by atoms with Gasteiger partial charge >= 0.3 is 0 Å². The maximum atomic E-state index is 8.96. The van der Waals surface area contributed by atoms with Gasteiger partial charge in [0.15, 0.2) is 0 Å². The zero-order valence-corrected chi connectivity index (χ0v) is 9.40. The molecule has 80 valence electrons. The van der Waals surface area contributed by atoms with Gasteiger partial charge in [-0.2, -0.15) is 11.8 Å². The molecule has 0 bridgehead atoms. The van der Waals surface area contributed by atoms with E-state index in [0.717, 1.165) is 31.1 Å². The van der Waals surface area contributed by atoms with Gasteiger partial charge < -0.3 is 15.2 Å². The molecule has 0 aliphatic rings. The molecule has 0 saturated heterocycles. The fourth-order valence-corrected chi connectivity index (χ4v) is 1.96. The minimum atomic E-state index is 0.235. The Hall–Kier alpha value is 0.230. The van der Waals surface area contributed by atoms with E-state index in [1.54, 1.807) is 7.11 Å². The molecule has 3 nitrogen and oxygen atoms in total. The molecule has 0 aromatic rings. The van der Waals surface area contributed by atoms with Crippen LogP contribution in [0, 0.1) is 0 Å². The van der Waals surface area contributed by atoms with Crippen LogP contribution in [0.15, 0.2) is 0 Å². The largest absolute Gasteiger partial charge is 0.395 e. The summed E-state index contributed by atoms with van der Waals surface area (Å²) in [5, 5.41) is 12.2. The van der Waals surface area contributed by atoms with Gasteiger partial charge in [0.2, 0.25) is 0 Å². The van der Waals surface area contributed by atoms with Crippen LogP contribution in [0.2, 0.25) is 0 Å². The molecule has 0 fully saturated rings. The Morgan fingerprint density at radius 2 is 2.23 bits per heavy atom. The van der Waals surface area contributed by atoms with Crippen molar-refractivity contribution in [1.82, 2.24) is 5.32 Å². The SMILES string of the molecule is CCNC(CO)CCSCCOC. The highest BCUT2D eigenvalue weighted by Crippen LogP contribution is 2.04. The average molecular weight is 207 g/mol. The van der Waals surface area contributed by atoms with Gasteiger partial charge in [0, 0.05) is 18.9 Å². The highest BCUT2D eigenvalue weighted by Gasteiger charge is 2.03. The molecule has 4 heteroatoms. The number of aliphatic hydroxyl groups excluding tert-OH is 1. The van der Waals surface area contributed by atoms with Crippen molar-refractivity contribution >= 4 is 11.8 Å². The van der Waals surface area contributed by atoms with Crippen LogP contribution in [-0.4, -0.2) is 49.5 Å². The summed E-state index contributed by atoms with van der Waals surface area (Å²) >= 11 is 1.87. The van der Waals surface area contributed by atoms with Crippen LogP contribution in [-0.2, 0) is 4.74 Å². The van der Waals surface area contributed by atoms with E-state index >= 15 is 0 Å². The number of ether oxygens (including phenoxy) is 1. The van der Waals surface area contributed by atoms with Crippen molar-refractivity contribution in [2.75, 3.05) is 38.4 Å². The van der Waals surface area contributed by atoms with E-state index in [2.05, 4.69) is 12.2 Å². The molecule has 0 saturated carbocycles. The molecule has 0 aliphatic heterocycles. The lowest BCUT2D eigenvalue weighted by Crippen LogP contribution is -2.32. The predicted octanol–water partition coefficient (Wildman–Crippen LogP) is 0.726. The van der Waals surface area contributed by atoms with Crippen molar-refractivity contribution in [2.24, 2.45) is 0 Å². The van der Waals surface area contributed by atoms with Crippen LogP contribution in [0.25, 0.3) is 0 Å². The zero-order valence-electron chi connectivity index (χ0n) is 8.58. The number of likely N-dealkylation sites (N-methyl/N-ethyl adjacent to an activating group) is 1. The summed E-state index contributed by atoms with van der Waals surface area (Å²) in [6.45, 7) is 4.03. The molecule has 0 aromatic heterocycles. The summed E-state index contributed by atoms with van der Waals surface area (Å²) in [5.74, 6) is 2.13. The Kier molecular flexibility index (Phi) is 10.5. The van der Waals surface area contributed by atoms with Crippen LogP contribution in [0.5, 0.6) is 0 Å². The van der Waals surface area contributed by atoms with Crippen LogP contribution in [0.4, 0.5) is 0 Å². The van der Waals surface area contributed by atoms with Gasteiger partial charge in [0.05, 0.1) is 13.2 Å². The Morgan fingerprint density at radius 3 is 2.77 bits per heavy atom. The minimum Gasteiger partial charge on any atom is -0.395 e. The number of hydrogen-bond donors (Lipinski definition) is 2. The van der Waals surface area contributed by atoms with Crippen LogP contribution in [0.1, 0.15) is 13.3 Å². The molecular formula is C9H21NO2S. The standard InChI is InChI=1S/C9H21NO2S/c1-3-10-9(8-11)4-6-13-7-5-12-2/h9-11H,3-8H2,1-2H3. The number of methoxy groups -OCH3 is 1. The lowest BCUT2D eigenvalue weighted by atomic mass is 10.2. The second-order valence-electron chi connectivity index (χ2n) is 2.83. The fourth-order valence-electron chi connectivity index (χ4n) is 1.02. The predicted molar refractivity (Wildman–Crippen MR) is 58.4 cm³/mol. The van der Waals surface area contributed by atoms with Crippen LogP contribution >= 0.6 is 11.8 Å². The summed E-state index contributed by atoms with van der Waals surface area (Å²) in [4.78, 5) is 0. The van der Waals surface area contributed by atoms with Crippen molar-refractivity contribution in [1.29, 1.82) is 0 Å². The molecular weight excluding hydrogens is 186 g/mol. The van der Waals surface area contributed by atoms with Crippen LogP contribution < -0.4 is 5.32 Å². The van der Waals surface area contributed by atoms with E-state index in [1.807, 2.05) is 11.8 Å². The maximum Gasteiger partial charge on any atom is 0.0584 e. The quantitative estimate of drug-likeness (QED) is 0.547. The second kappa shape index (κ2) is 10.3. The highest BCUT2D eigenvalue weighted by atomic mass is 32.2. The third kappa shape index (κ3) is 8.56. The maximum absolute atomic E-state index is 8.96. The molecule has 0 heterocycles. The smallest absolute Gasteiger partial charge is 0.0584 e. The van der Waals surface area contributed by atoms with Crippen molar-refractivity contribution in [3.05, 3.63) is 0 Å². The van der Waals surface area contributed by atoms with Gasteiger partial charge in [0.1, 0.15) is 0 Å². The highest BCUT2D eigenvalue weighted by molar-refractivity contribution is 7.99. The van der Waals surface area contributed by atoms with Gasteiger partial charge in [-0.15, -0.1) is 0 Å². The first-order valence-electron chi connectivity index (χ1n) is 4.76. The third-order valence-corrected chi connectivity index (χ3v) is 2.74. The van der Waals surface area contributed by atoms with Crippen LogP contribution in [0.3, 0.4) is 0 Å². The zero-order chi connectivity index (χ0) is 9.94. The number of nitrogens with one attached hydrogen (secondary N) is 1. The van der Waals surface area contributed by atoms with E-state index in [1.165, 1.54) is 0 Å². The fraction of sp³-hybridized carbons (Fsp3) is 1.00. The summed E-state index contributed by atoms with van der Waals surface area (Å²) in [6, 6.07) is 0.264. The first-order chi connectivity index (χ1) is 6.35. The summed E-state index contributed by atoms with van der Waals surface area (Å²) in [5.41, 5.74) is 0. The normalized spacial score (nSPS) is 13.2. The van der Waals surface area contributed by atoms with E-state index in [-0.39, 0.29) is 12.6 Å². The molecule has 13 heavy (non-hydrogen) atoms. The van der Waals surface area contributed by atoms with Gasteiger partial charge in [-0.25, -0.2) is 0 Å². The molecule has 0 aliphatic carbocycles. The van der Waals surface area contributed by atoms with Crippen molar-refractivity contribution < 1.29 is 9.84 Å². The number of rotatable bonds is 9. The number of thioether (sulfide) groups is 1. The lowest BCUT2D eigenvalue weighted by molar-refractivity contribution is 0.218. The molecule has 2 N–H and O–H groups in total.